The van der Waals surface area contributed by atoms with E-state index in [4.69, 9.17) is 0 Å². The molecule has 0 heterocycles. The van der Waals surface area contributed by atoms with Crippen molar-refractivity contribution < 1.29 is 5.11 Å². The van der Waals surface area contributed by atoms with Crippen molar-refractivity contribution >= 4 is 33.9 Å². The predicted octanol–water partition coefficient (Wildman–Crippen LogP) is 4.88. The molecule has 2 aromatic rings. The Morgan fingerprint density at radius 3 is 2.79 bits per heavy atom. The van der Waals surface area contributed by atoms with Gasteiger partial charge in [-0.05, 0) is 48.4 Å². The number of halogens is 1. The first kappa shape index (κ1) is 13.6. The molecule has 96 valence electrons. The summed E-state index contributed by atoms with van der Waals surface area (Å²) in [7, 11) is 0. The van der Waals surface area contributed by atoms with Crippen LogP contribution in [0.1, 0.15) is 11.1 Å². The van der Waals surface area contributed by atoms with Crippen LogP contribution in [0.5, 0.6) is 5.75 Å². The molecule has 0 aromatic heterocycles. The molecule has 1 N–H and O–H groups in total. The number of rotatable bonds is 3. The van der Waals surface area contributed by atoms with E-state index < -0.39 is 0 Å². The summed E-state index contributed by atoms with van der Waals surface area (Å²) in [6.07, 6.45) is 5.49. The van der Waals surface area contributed by atoms with Crippen LogP contribution in [0.25, 0.3) is 6.08 Å². The lowest BCUT2D eigenvalue weighted by atomic mass is 10.2. The molecule has 0 aliphatic rings. The number of hydrogen-bond donors (Lipinski definition) is 1. The summed E-state index contributed by atoms with van der Waals surface area (Å²) >= 11 is 3.42. The highest BCUT2D eigenvalue weighted by Crippen LogP contribution is 2.26. The Hall–Kier alpha value is -1.87. The van der Waals surface area contributed by atoms with E-state index in [0.717, 1.165) is 15.6 Å². The van der Waals surface area contributed by atoms with Crippen LogP contribution in [-0.2, 0) is 0 Å². The largest absolute Gasteiger partial charge is 0.506 e. The van der Waals surface area contributed by atoms with Gasteiger partial charge in [0.05, 0.1) is 0 Å². The molecule has 0 spiro atoms. The van der Waals surface area contributed by atoms with E-state index >= 15 is 0 Å². The lowest BCUT2D eigenvalue weighted by Gasteiger charge is -1.98. The first-order chi connectivity index (χ1) is 9.15. The minimum atomic E-state index is 0.192. The van der Waals surface area contributed by atoms with Crippen molar-refractivity contribution in [3.63, 3.8) is 0 Å². The molecule has 0 saturated heterocycles. The fraction of sp³-hybridized carbons (Fsp3) is 0.0625. The van der Waals surface area contributed by atoms with Crippen LogP contribution >= 0.6 is 15.9 Å². The maximum Gasteiger partial charge on any atom is 0.141 e. The maximum absolute atomic E-state index is 9.64. The number of phenolic OH excluding ortho intramolecular Hbond substituents is 1. The first-order valence-corrected chi connectivity index (χ1v) is 6.70. The molecule has 0 aliphatic carbocycles. The van der Waals surface area contributed by atoms with E-state index in [1.54, 1.807) is 12.3 Å². The summed E-state index contributed by atoms with van der Waals surface area (Å²) in [5, 5.41) is 9.64. The number of aromatic hydroxyl groups is 1. The van der Waals surface area contributed by atoms with Crippen LogP contribution in [0, 0.1) is 6.92 Å². The van der Waals surface area contributed by atoms with Crippen LogP contribution < -0.4 is 0 Å². The van der Waals surface area contributed by atoms with Gasteiger partial charge in [-0.1, -0.05) is 40.2 Å². The SMILES string of the molecule is Cc1ccc(O)c(/N=C/C=C/c2cccc(Br)c2)c1. The molecular weight excluding hydrogens is 302 g/mol. The number of phenols is 1. The van der Waals surface area contributed by atoms with E-state index in [1.807, 2.05) is 55.5 Å². The van der Waals surface area contributed by atoms with Crippen molar-refractivity contribution in [2.45, 2.75) is 6.92 Å². The van der Waals surface area contributed by atoms with Crippen LogP contribution in [0.15, 0.2) is 58.0 Å². The van der Waals surface area contributed by atoms with E-state index in [1.165, 1.54) is 0 Å². The Morgan fingerprint density at radius 2 is 2.00 bits per heavy atom. The molecule has 0 amide bonds. The monoisotopic (exact) mass is 315 g/mol. The minimum Gasteiger partial charge on any atom is -0.506 e. The molecule has 0 aliphatic heterocycles. The molecule has 0 bridgehead atoms. The van der Waals surface area contributed by atoms with E-state index in [0.29, 0.717) is 5.69 Å². The average Bonchev–Trinajstić information content (AvgIpc) is 2.39. The molecule has 0 radical (unpaired) electrons. The normalized spacial score (nSPS) is 11.5. The van der Waals surface area contributed by atoms with Gasteiger partial charge in [-0.3, -0.25) is 4.99 Å². The number of aryl methyl sites for hydroxylation is 1. The third-order valence-electron chi connectivity index (χ3n) is 2.57. The molecule has 0 atom stereocenters. The third kappa shape index (κ3) is 4.07. The van der Waals surface area contributed by atoms with Gasteiger partial charge in [0.15, 0.2) is 0 Å². The summed E-state index contributed by atoms with van der Waals surface area (Å²) in [5.74, 6) is 0.192. The van der Waals surface area contributed by atoms with Crippen molar-refractivity contribution in [1.29, 1.82) is 0 Å². The molecule has 0 saturated carbocycles. The van der Waals surface area contributed by atoms with Crippen molar-refractivity contribution in [1.82, 2.24) is 0 Å². The number of hydrogen-bond acceptors (Lipinski definition) is 2. The maximum atomic E-state index is 9.64. The molecule has 19 heavy (non-hydrogen) atoms. The molecule has 0 fully saturated rings. The Bertz CT molecular complexity index is 632. The van der Waals surface area contributed by atoms with E-state index in [2.05, 4.69) is 20.9 Å². The second-order valence-electron chi connectivity index (χ2n) is 4.18. The van der Waals surface area contributed by atoms with E-state index in [9.17, 15) is 5.11 Å². The van der Waals surface area contributed by atoms with Crippen LogP contribution in [0.2, 0.25) is 0 Å². The van der Waals surface area contributed by atoms with E-state index in [-0.39, 0.29) is 5.75 Å². The van der Waals surface area contributed by atoms with Crippen molar-refractivity contribution in [3.8, 4) is 5.75 Å². The van der Waals surface area contributed by atoms with Crippen LogP contribution in [0.3, 0.4) is 0 Å². The number of benzene rings is 2. The first-order valence-electron chi connectivity index (χ1n) is 5.91. The summed E-state index contributed by atoms with van der Waals surface area (Å²) in [6.45, 7) is 1.97. The van der Waals surface area contributed by atoms with Gasteiger partial charge in [0.2, 0.25) is 0 Å². The lowest BCUT2D eigenvalue weighted by molar-refractivity contribution is 0.477. The molecule has 2 rings (SSSR count). The zero-order valence-corrected chi connectivity index (χ0v) is 12.1. The Balaban J connectivity index is 2.09. The van der Waals surface area contributed by atoms with Crippen molar-refractivity contribution in [2.75, 3.05) is 0 Å². The van der Waals surface area contributed by atoms with Gasteiger partial charge in [-0.25, -0.2) is 0 Å². The third-order valence-corrected chi connectivity index (χ3v) is 3.06. The van der Waals surface area contributed by atoms with Gasteiger partial charge in [0.25, 0.3) is 0 Å². The summed E-state index contributed by atoms with van der Waals surface area (Å²) in [4.78, 5) is 4.23. The van der Waals surface area contributed by atoms with Gasteiger partial charge >= 0.3 is 0 Å². The lowest BCUT2D eigenvalue weighted by Crippen LogP contribution is -1.74. The minimum absolute atomic E-state index is 0.192. The number of nitrogens with zero attached hydrogens (tertiary/aromatic N) is 1. The van der Waals surface area contributed by atoms with Crippen molar-refractivity contribution in [3.05, 3.63) is 64.1 Å². The Kier molecular flexibility index (Phi) is 4.53. The standard InChI is InChI=1S/C16H14BrNO/c1-12-7-8-16(19)15(10-12)18-9-3-5-13-4-2-6-14(17)11-13/h2-11,19H,1H3/b5-3+,18-9+. The highest BCUT2D eigenvalue weighted by molar-refractivity contribution is 9.10. The number of allylic oxidation sites excluding steroid dienone is 1. The zero-order chi connectivity index (χ0) is 13.7. The Labute approximate surface area is 121 Å². The number of aliphatic imine (C=N–C) groups is 1. The fourth-order valence-electron chi connectivity index (χ4n) is 1.62. The summed E-state index contributed by atoms with van der Waals surface area (Å²) in [6, 6.07) is 13.3. The van der Waals surface area contributed by atoms with Crippen molar-refractivity contribution in [2.24, 2.45) is 4.99 Å². The summed E-state index contributed by atoms with van der Waals surface area (Å²) < 4.78 is 1.04. The fourth-order valence-corrected chi connectivity index (χ4v) is 2.04. The average molecular weight is 316 g/mol. The molecular formula is C16H14BrNO. The second kappa shape index (κ2) is 6.34. The predicted molar refractivity (Wildman–Crippen MR) is 84.2 cm³/mol. The second-order valence-corrected chi connectivity index (χ2v) is 5.10. The molecule has 2 nitrogen and oxygen atoms in total. The zero-order valence-electron chi connectivity index (χ0n) is 10.5. The molecule has 0 unspecified atom stereocenters. The Morgan fingerprint density at radius 1 is 1.16 bits per heavy atom. The quantitative estimate of drug-likeness (QED) is 0.804. The smallest absolute Gasteiger partial charge is 0.141 e. The van der Waals surface area contributed by atoms with Gasteiger partial charge < -0.3 is 5.11 Å². The van der Waals surface area contributed by atoms with Crippen LogP contribution in [-0.4, -0.2) is 11.3 Å². The van der Waals surface area contributed by atoms with Gasteiger partial charge in [-0.2, -0.15) is 0 Å². The van der Waals surface area contributed by atoms with Gasteiger partial charge in [0.1, 0.15) is 11.4 Å². The summed E-state index contributed by atoms with van der Waals surface area (Å²) in [5.41, 5.74) is 2.74. The van der Waals surface area contributed by atoms with Gasteiger partial charge in [0, 0.05) is 10.7 Å². The topological polar surface area (TPSA) is 32.6 Å². The molecule has 3 heteroatoms. The van der Waals surface area contributed by atoms with Crippen LogP contribution in [0.4, 0.5) is 5.69 Å². The highest BCUT2D eigenvalue weighted by atomic mass is 79.9. The van der Waals surface area contributed by atoms with Gasteiger partial charge in [-0.15, -0.1) is 0 Å². The highest BCUT2D eigenvalue weighted by Gasteiger charge is 1.96. The molecule has 2 aromatic carbocycles.